The molecule has 142 valence electrons. The Morgan fingerprint density at radius 1 is 1.04 bits per heavy atom. The number of nitrogens with zero attached hydrogens (tertiary/aromatic N) is 3. The first-order chi connectivity index (χ1) is 13.2. The van der Waals surface area contributed by atoms with Crippen LogP contribution in [-0.4, -0.2) is 46.9 Å². The van der Waals surface area contributed by atoms with E-state index in [2.05, 4.69) is 33.0 Å². The van der Waals surface area contributed by atoms with Crippen LogP contribution >= 0.6 is 11.6 Å². The summed E-state index contributed by atoms with van der Waals surface area (Å²) >= 11 is 6.24. The first kappa shape index (κ1) is 18.5. The monoisotopic (exact) mass is 383 g/mol. The number of carbonyl (C=O) groups is 1. The Morgan fingerprint density at radius 2 is 1.74 bits per heavy atom. The third-order valence-corrected chi connectivity index (χ3v) is 6.29. The van der Waals surface area contributed by atoms with Gasteiger partial charge in [-0.1, -0.05) is 36.6 Å². The van der Waals surface area contributed by atoms with Crippen LogP contribution in [0.5, 0.6) is 0 Å². The van der Waals surface area contributed by atoms with E-state index in [-0.39, 0.29) is 5.41 Å². The predicted molar refractivity (Wildman–Crippen MR) is 108 cm³/mol. The molecule has 0 spiro atoms. The number of carbonyl (C=O) groups excluding carboxylic acids is 1. The van der Waals surface area contributed by atoms with Gasteiger partial charge in [0.05, 0.1) is 5.41 Å². The fourth-order valence-corrected chi connectivity index (χ4v) is 4.74. The van der Waals surface area contributed by atoms with Crippen molar-refractivity contribution in [2.75, 3.05) is 26.2 Å². The number of hydrogen-bond donors (Lipinski definition) is 0. The lowest BCUT2D eigenvalue weighted by Crippen LogP contribution is -2.53. The molecule has 0 radical (unpaired) electrons. The van der Waals surface area contributed by atoms with Gasteiger partial charge in [0.25, 0.3) is 0 Å². The molecule has 1 amide bonds. The molecule has 1 aromatic carbocycles. The number of rotatable bonds is 4. The quantitative estimate of drug-likeness (QED) is 0.803. The van der Waals surface area contributed by atoms with Crippen LogP contribution in [0, 0.1) is 0 Å². The van der Waals surface area contributed by atoms with Gasteiger partial charge in [0.1, 0.15) is 0 Å². The number of benzene rings is 1. The van der Waals surface area contributed by atoms with Gasteiger partial charge in [0.15, 0.2) is 0 Å². The van der Waals surface area contributed by atoms with E-state index in [1.807, 2.05) is 30.6 Å². The van der Waals surface area contributed by atoms with Crippen molar-refractivity contribution in [2.24, 2.45) is 0 Å². The van der Waals surface area contributed by atoms with Crippen molar-refractivity contribution in [1.29, 1.82) is 0 Å². The molecule has 2 aromatic rings. The van der Waals surface area contributed by atoms with Crippen LogP contribution in [0.3, 0.4) is 0 Å². The molecule has 0 unspecified atom stereocenters. The van der Waals surface area contributed by atoms with Crippen molar-refractivity contribution in [1.82, 2.24) is 14.8 Å². The molecule has 4 rings (SSSR count). The summed E-state index contributed by atoms with van der Waals surface area (Å²) in [5.41, 5.74) is 1.99. The second-order valence-electron chi connectivity index (χ2n) is 7.72. The van der Waals surface area contributed by atoms with Gasteiger partial charge in [-0.05, 0) is 48.2 Å². The minimum Gasteiger partial charge on any atom is -0.339 e. The molecular weight excluding hydrogens is 358 g/mol. The van der Waals surface area contributed by atoms with Crippen LogP contribution in [0.15, 0.2) is 48.8 Å². The third-order valence-electron chi connectivity index (χ3n) is 6.06. The Labute approximate surface area is 166 Å². The average molecular weight is 384 g/mol. The van der Waals surface area contributed by atoms with E-state index in [1.54, 1.807) is 0 Å². The molecule has 2 fully saturated rings. The van der Waals surface area contributed by atoms with E-state index in [0.29, 0.717) is 10.9 Å². The van der Waals surface area contributed by atoms with Gasteiger partial charge in [0.2, 0.25) is 5.91 Å². The molecule has 0 bridgehead atoms. The molecule has 27 heavy (non-hydrogen) atoms. The van der Waals surface area contributed by atoms with Gasteiger partial charge in [-0.2, -0.15) is 0 Å². The Morgan fingerprint density at radius 3 is 2.41 bits per heavy atom. The van der Waals surface area contributed by atoms with Gasteiger partial charge >= 0.3 is 0 Å². The molecule has 0 atom stereocenters. The summed E-state index contributed by atoms with van der Waals surface area (Å²) in [7, 11) is 0. The zero-order valence-electron chi connectivity index (χ0n) is 15.6. The van der Waals surface area contributed by atoms with Gasteiger partial charge < -0.3 is 4.90 Å². The molecule has 2 heterocycles. The predicted octanol–water partition coefficient (Wildman–Crippen LogP) is 3.89. The van der Waals surface area contributed by atoms with Crippen molar-refractivity contribution >= 4 is 17.5 Å². The van der Waals surface area contributed by atoms with Gasteiger partial charge in [-0.15, -0.1) is 0 Å². The maximum Gasteiger partial charge on any atom is 0.233 e. The average Bonchev–Trinajstić information content (AvgIpc) is 3.20. The van der Waals surface area contributed by atoms with Crippen molar-refractivity contribution in [3.8, 4) is 0 Å². The molecule has 5 heteroatoms. The van der Waals surface area contributed by atoms with E-state index < -0.39 is 0 Å². The first-order valence-corrected chi connectivity index (χ1v) is 10.2. The summed E-state index contributed by atoms with van der Waals surface area (Å²) in [5.74, 6) is 0.297. The zero-order valence-corrected chi connectivity index (χ0v) is 16.4. The van der Waals surface area contributed by atoms with Crippen LogP contribution in [0.4, 0.5) is 0 Å². The van der Waals surface area contributed by atoms with E-state index in [1.165, 1.54) is 5.56 Å². The Bertz CT molecular complexity index is 781. The van der Waals surface area contributed by atoms with E-state index in [9.17, 15) is 4.79 Å². The number of hydrogen-bond acceptors (Lipinski definition) is 3. The van der Waals surface area contributed by atoms with E-state index in [0.717, 1.165) is 64.0 Å². The number of piperazine rings is 1. The number of aromatic nitrogens is 1. The Hall–Kier alpha value is -1.91. The number of amides is 1. The fraction of sp³-hybridized carbons (Fsp3) is 0.455. The van der Waals surface area contributed by atoms with E-state index in [4.69, 9.17) is 11.6 Å². The summed E-state index contributed by atoms with van der Waals surface area (Å²) in [5, 5.41) is 0.716. The van der Waals surface area contributed by atoms with Gasteiger partial charge in [-0.3, -0.25) is 14.7 Å². The van der Waals surface area contributed by atoms with Crippen molar-refractivity contribution in [3.05, 3.63) is 64.9 Å². The normalized spacial score (nSPS) is 20.0. The largest absolute Gasteiger partial charge is 0.339 e. The minimum absolute atomic E-state index is 0.297. The molecule has 0 N–H and O–H groups in total. The summed E-state index contributed by atoms with van der Waals surface area (Å²) in [6.45, 7) is 4.35. The van der Waals surface area contributed by atoms with Crippen LogP contribution in [-0.2, 0) is 16.8 Å². The van der Waals surface area contributed by atoms with Crippen molar-refractivity contribution in [3.63, 3.8) is 0 Å². The first-order valence-electron chi connectivity index (χ1n) is 9.84. The second-order valence-corrected chi connectivity index (χ2v) is 8.16. The van der Waals surface area contributed by atoms with Crippen LogP contribution in [0.25, 0.3) is 0 Å². The lowest BCUT2D eigenvalue weighted by atomic mass is 9.77. The molecule has 1 saturated heterocycles. The molecule has 1 aromatic heterocycles. The highest BCUT2D eigenvalue weighted by Gasteiger charge is 2.45. The second kappa shape index (κ2) is 7.99. The van der Waals surface area contributed by atoms with Crippen LogP contribution in [0.2, 0.25) is 5.02 Å². The molecule has 1 aliphatic carbocycles. The van der Waals surface area contributed by atoms with E-state index >= 15 is 0 Å². The standard InChI is InChI=1S/C22H26ClN3O/c23-20-5-3-4-19(16-20)22(8-1-2-9-22)21(27)26-14-12-25(13-15-26)17-18-6-10-24-11-7-18/h3-7,10-11,16H,1-2,8-9,12-15,17H2. The highest BCUT2D eigenvalue weighted by molar-refractivity contribution is 6.30. The SMILES string of the molecule is O=C(N1CCN(Cc2ccncc2)CC1)C1(c2cccc(Cl)c2)CCCC1. The Kier molecular flexibility index (Phi) is 5.46. The molecular formula is C22H26ClN3O. The van der Waals surface area contributed by atoms with Crippen LogP contribution in [0.1, 0.15) is 36.8 Å². The maximum atomic E-state index is 13.6. The third kappa shape index (κ3) is 3.87. The van der Waals surface area contributed by atoms with Gasteiger partial charge in [0, 0.05) is 50.1 Å². The fourth-order valence-electron chi connectivity index (χ4n) is 4.55. The zero-order chi connectivity index (χ0) is 18.7. The summed E-state index contributed by atoms with van der Waals surface area (Å²) in [6, 6.07) is 12.0. The lowest BCUT2D eigenvalue weighted by Gasteiger charge is -2.40. The maximum absolute atomic E-state index is 13.6. The smallest absolute Gasteiger partial charge is 0.233 e. The van der Waals surface area contributed by atoms with Crippen molar-refractivity contribution in [2.45, 2.75) is 37.6 Å². The highest BCUT2D eigenvalue weighted by atomic mass is 35.5. The topological polar surface area (TPSA) is 36.4 Å². The Balaban J connectivity index is 1.44. The lowest BCUT2D eigenvalue weighted by molar-refractivity contribution is -0.139. The molecule has 1 saturated carbocycles. The summed E-state index contributed by atoms with van der Waals surface area (Å²) < 4.78 is 0. The minimum atomic E-state index is -0.377. The molecule has 2 aliphatic rings. The highest BCUT2D eigenvalue weighted by Crippen LogP contribution is 2.43. The van der Waals surface area contributed by atoms with Crippen molar-refractivity contribution < 1.29 is 4.79 Å². The number of pyridine rings is 1. The molecule has 4 nitrogen and oxygen atoms in total. The molecule has 1 aliphatic heterocycles. The van der Waals surface area contributed by atoms with Crippen LogP contribution < -0.4 is 0 Å². The van der Waals surface area contributed by atoms with Gasteiger partial charge in [-0.25, -0.2) is 0 Å². The summed E-state index contributed by atoms with van der Waals surface area (Å²) in [6.07, 6.45) is 7.77. The number of halogens is 1. The summed E-state index contributed by atoms with van der Waals surface area (Å²) in [4.78, 5) is 22.1.